The SMILES string of the molecule is Cc1ccc(C)c(-c2csc(NC(=O)Cc3ccc(C(C)C)cc3)n2)c1. The molecular formula is C22H24N2OS. The molecule has 1 amide bonds. The van der Waals surface area contributed by atoms with E-state index in [1.807, 2.05) is 17.5 Å². The Labute approximate surface area is 159 Å². The minimum absolute atomic E-state index is 0.0378. The lowest BCUT2D eigenvalue weighted by Gasteiger charge is -2.07. The van der Waals surface area contributed by atoms with Crippen LogP contribution >= 0.6 is 11.3 Å². The zero-order valence-electron chi connectivity index (χ0n) is 15.7. The van der Waals surface area contributed by atoms with Gasteiger partial charge in [-0.15, -0.1) is 11.3 Å². The summed E-state index contributed by atoms with van der Waals surface area (Å²) in [4.78, 5) is 16.9. The van der Waals surface area contributed by atoms with Gasteiger partial charge in [0.05, 0.1) is 12.1 Å². The van der Waals surface area contributed by atoms with Gasteiger partial charge in [-0.3, -0.25) is 4.79 Å². The topological polar surface area (TPSA) is 42.0 Å². The molecule has 0 spiro atoms. The van der Waals surface area contributed by atoms with Crippen LogP contribution in [-0.4, -0.2) is 10.9 Å². The van der Waals surface area contributed by atoms with Crippen LogP contribution in [0.3, 0.4) is 0 Å². The van der Waals surface area contributed by atoms with E-state index in [1.54, 1.807) is 0 Å². The maximum atomic E-state index is 12.3. The van der Waals surface area contributed by atoms with Crippen molar-refractivity contribution in [1.29, 1.82) is 0 Å². The second kappa shape index (κ2) is 7.83. The highest BCUT2D eigenvalue weighted by Crippen LogP contribution is 2.28. The molecule has 0 aliphatic carbocycles. The van der Waals surface area contributed by atoms with Gasteiger partial charge >= 0.3 is 0 Å². The molecule has 3 nitrogen and oxygen atoms in total. The van der Waals surface area contributed by atoms with Gasteiger partial charge in [-0.1, -0.05) is 55.8 Å². The molecule has 0 unspecified atom stereocenters. The van der Waals surface area contributed by atoms with Gasteiger partial charge in [0.2, 0.25) is 5.91 Å². The van der Waals surface area contributed by atoms with Crippen LogP contribution in [0.5, 0.6) is 0 Å². The third-order valence-electron chi connectivity index (χ3n) is 4.43. The number of hydrogen-bond donors (Lipinski definition) is 1. The van der Waals surface area contributed by atoms with Crippen molar-refractivity contribution < 1.29 is 4.79 Å². The van der Waals surface area contributed by atoms with E-state index < -0.39 is 0 Å². The van der Waals surface area contributed by atoms with Crippen LogP contribution < -0.4 is 5.32 Å². The van der Waals surface area contributed by atoms with E-state index >= 15 is 0 Å². The number of aromatic nitrogens is 1. The molecule has 26 heavy (non-hydrogen) atoms. The Morgan fingerprint density at radius 1 is 1.12 bits per heavy atom. The number of carbonyl (C=O) groups excluding carboxylic acids is 1. The number of benzene rings is 2. The van der Waals surface area contributed by atoms with Crippen molar-refractivity contribution in [3.8, 4) is 11.3 Å². The summed E-state index contributed by atoms with van der Waals surface area (Å²) in [6, 6.07) is 14.6. The number of hydrogen-bond acceptors (Lipinski definition) is 3. The lowest BCUT2D eigenvalue weighted by molar-refractivity contribution is -0.115. The summed E-state index contributed by atoms with van der Waals surface area (Å²) < 4.78 is 0. The molecule has 1 aromatic heterocycles. The van der Waals surface area contributed by atoms with Crippen LogP contribution in [0.1, 0.15) is 42.0 Å². The first-order valence-corrected chi connectivity index (χ1v) is 9.72. The predicted octanol–water partition coefficient (Wildman–Crippen LogP) is 5.73. The lowest BCUT2D eigenvalue weighted by Crippen LogP contribution is -2.14. The van der Waals surface area contributed by atoms with Gasteiger partial charge in [0, 0.05) is 10.9 Å². The summed E-state index contributed by atoms with van der Waals surface area (Å²) in [5.74, 6) is 0.459. The normalized spacial score (nSPS) is 11.0. The second-order valence-corrected chi connectivity index (χ2v) is 7.84. The second-order valence-electron chi connectivity index (χ2n) is 6.98. The molecule has 1 N–H and O–H groups in total. The molecular weight excluding hydrogens is 340 g/mol. The number of rotatable bonds is 5. The highest BCUT2D eigenvalue weighted by atomic mass is 32.1. The number of carbonyl (C=O) groups is 1. The fourth-order valence-corrected chi connectivity index (χ4v) is 3.56. The van der Waals surface area contributed by atoms with Crippen molar-refractivity contribution in [2.45, 2.75) is 40.0 Å². The minimum Gasteiger partial charge on any atom is -0.302 e. The Bertz CT molecular complexity index is 910. The van der Waals surface area contributed by atoms with Crippen molar-refractivity contribution in [3.05, 3.63) is 70.1 Å². The Hall–Kier alpha value is -2.46. The minimum atomic E-state index is -0.0378. The first-order valence-electron chi connectivity index (χ1n) is 8.84. The average molecular weight is 365 g/mol. The first-order chi connectivity index (χ1) is 12.4. The molecule has 2 aromatic carbocycles. The molecule has 0 saturated heterocycles. The summed E-state index contributed by atoms with van der Waals surface area (Å²) in [7, 11) is 0. The van der Waals surface area contributed by atoms with E-state index in [4.69, 9.17) is 0 Å². The lowest BCUT2D eigenvalue weighted by atomic mass is 10.0. The number of anilines is 1. The zero-order chi connectivity index (χ0) is 18.7. The maximum absolute atomic E-state index is 12.3. The number of aryl methyl sites for hydroxylation is 2. The Balaban J connectivity index is 1.67. The number of amides is 1. The van der Waals surface area contributed by atoms with Gasteiger partial charge in [-0.2, -0.15) is 0 Å². The third kappa shape index (κ3) is 4.38. The summed E-state index contributed by atoms with van der Waals surface area (Å²) in [5, 5.41) is 5.56. The highest BCUT2D eigenvalue weighted by molar-refractivity contribution is 7.14. The summed E-state index contributed by atoms with van der Waals surface area (Å²) in [6.45, 7) is 8.48. The first kappa shape index (κ1) is 18.3. The van der Waals surface area contributed by atoms with Gasteiger partial charge in [0.15, 0.2) is 5.13 Å². The summed E-state index contributed by atoms with van der Waals surface area (Å²) >= 11 is 1.46. The monoisotopic (exact) mass is 364 g/mol. The van der Waals surface area contributed by atoms with Crippen LogP contribution in [0.4, 0.5) is 5.13 Å². The zero-order valence-corrected chi connectivity index (χ0v) is 16.5. The smallest absolute Gasteiger partial charge is 0.230 e. The quantitative estimate of drug-likeness (QED) is 0.628. The largest absolute Gasteiger partial charge is 0.302 e. The van der Waals surface area contributed by atoms with Gasteiger partial charge in [-0.05, 0) is 42.5 Å². The third-order valence-corrected chi connectivity index (χ3v) is 5.19. The fourth-order valence-electron chi connectivity index (χ4n) is 2.84. The molecule has 0 fully saturated rings. The molecule has 3 rings (SSSR count). The Morgan fingerprint density at radius 2 is 1.85 bits per heavy atom. The maximum Gasteiger partial charge on any atom is 0.230 e. The Morgan fingerprint density at radius 3 is 2.54 bits per heavy atom. The van der Waals surface area contributed by atoms with Crippen molar-refractivity contribution in [2.24, 2.45) is 0 Å². The van der Waals surface area contributed by atoms with E-state index in [0.717, 1.165) is 16.8 Å². The van der Waals surface area contributed by atoms with E-state index in [2.05, 4.69) is 68.3 Å². The molecule has 134 valence electrons. The van der Waals surface area contributed by atoms with Crippen molar-refractivity contribution >= 4 is 22.4 Å². The molecule has 0 atom stereocenters. The number of nitrogens with zero attached hydrogens (tertiary/aromatic N) is 1. The van der Waals surface area contributed by atoms with Gasteiger partial charge < -0.3 is 5.32 Å². The summed E-state index contributed by atoms with van der Waals surface area (Å²) in [5.41, 5.74) is 6.71. The van der Waals surface area contributed by atoms with E-state index in [-0.39, 0.29) is 5.91 Å². The fraction of sp³-hybridized carbons (Fsp3) is 0.273. The van der Waals surface area contributed by atoms with Crippen molar-refractivity contribution in [3.63, 3.8) is 0 Å². The van der Waals surface area contributed by atoms with Crippen LogP contribution in [0, 0.1) is 13.8 Å². The van der Waals surface area contributed by atoms with Crippen LogP contribution in [0.2, 0.25) is 0 Å². The molecule has 1 heterocycles. The van der Waals surface area contributed by atoms with E-state index in [0.29, 0.717) is 17.5 Å². The molecule has 0 radical (unpaired) electrons. The van der Waals surface area contributed by atoms with E-state index in [1.165, 1.54) is 28.0 Å². The average Bonchev–Trinajstić information content (AvgIpc) is 3.05. The summed E-state index contributed by atoms with van der Waals surface area (Å²) in [6.07, 6.45) is 0.358. The molecule has 0 aliphatic heterocycles. The molecule has 0 bridgehead atoms. The molecule has 3 aromatic rings. The van der Waals surface area contributed by atoms with Crippen LogP contribution in [0.25, 0.3) is 11.3 Å². The Kier molecular flexibility index (Phi) is 5.52. The van der Waals surface area contributed by atoms with Gasteiger partial charge in [0.1, 0.15) is 0 Å². The van der Waals surface area contributed by atoms with Crippen LogP contribution in [-0.2, 0) is 11.2 Å². The van der Waals surface area contributed by atoms with Gasteiger partial charge in [0.25, 0.3) is 0 Å². The van der Waals surface area contributed by atoms with E-state index in [9.17, 15) is 4.79 Å². The van der Waals surface area contributed by atoms with Crippen LogP contribution in [0.15, 0.2) is 47.8 Å². The molecule has 4 heteroatoms. The van der Waals surface area contributed by atoms with Gasteiger partial charge in [-0.25, -0.2) is 4.98 Å². The number of thiazole rings is 1. The highest BCUT2D eigenvalue weighted by Gasteiger charge is 2.11. The van der Waals surface area contributed by atoms with Crippen molar-refractivity contribution in [1.82, 2.24) is 4.98 Å². The number of nitrogens with one attached hydrogen (secondary N) is 1. The predicted molar refractivity (Wildman–Crippen MR) is 110 cm³/mol. The molecule has 0 saturated carbocycles. The molecule has 0 aliphatic rings. The standard InChI is InChI=1S/C22H24N2OS/c1-14(2)18-9-7-17(8-10-18)12-21(25)24-22-23-20(13-26-22)19-11-15(3)5-6-16(19)4/h5-11,13-14H,12H2,1-4H3,(H,23,24,25). The van der Waals surface area contributed by atoms with Crippen molar-refractivity contribution in [2.75, 3.05) is 5.32 Å².